The third-order valence-electron chi connectivity index (χ3n) is 1.76. The number of rotatable bonds is 3. The Morgan fingerprint density at radius 1 is 1.50 bits per heavy atom. The largest absolute Gasteiger partial charge is 0.402 e. The number of pyridine rings is 1. The van der Waals surface area contributed by atoms with Gasteiger partial charge >= 0.3 is 6.18 Å². The van der Waals surface area contributed by atoms with Crippen molar-refractivity contribution in [3.05, 3.63) is 22.8 Å². The predicted molar refractivity (Wildman–Crippen MR) is 61.3 cm³/mol. The van der Waals surface area contributed by atoms with Crippen LogP contribution in [0.2, 0.25) is 0 Å². The summed E-state index contributed by atoms with van der Waals surface area (Å²) in [5, 5.41) is -1.36. The summed E-state index contributed by atoms with van der Waals surface area (Å²) in [6.45, 7) is 1.34. The summed E-state index contributed by atoms with van der Waals surface area (Å²) in [6.07, 6.45) is -2.89. The SMILES string of the molecule is CC(N)C(Sc1ncccc1Br)C(F)(F)F. The first kappa shape index (κ1) is 13.8. The highest BCUT2D eigenvalue weighted by Gasteiger charge is 2.43. The van der Waals surface area contributed by atoms with Crippen molar-refractivity contribution in [2.24, 2.45) is 5.73 Å². The van der Waals surface area contributed by atoms with E-state index in [-0.39, 0.29) is 0 Å². The highest BCUT2D eigenvalue weighted by Crippen LogP contribution is 2.38. The highest BCUT2D eigenvalue weighted by molar-refractivity contribution is 9.10. The average Bonchev–Trinajstić information content (AvgIpc) is 2.14. The van der Waals surface area contributed by atoms with E-state index in [1.54, 1.807) is 12.1 Å². The maximum absolute atomic E-state index is 12.6. The normalized spacial score (nSPS) is 15.9. The van der Waals surface area contributed by atoms with Gasteiger partial charge in [0, 0.05) is 16.7 Å². The molecule has 0 radical (unpaired) electrons. The second-order valence-corrected chi connectivity index (χ2v) is 5.21. The Balaban J connectivity index is 2.89. The molecule has 2 atom stereocenters. The van der Waals surface area contributed by atoms with Crippen LogP contribution in [0.5, 0.6) is 0 Å². The van der Waals surface area contributed by atoms with Crippen molar-refractivity contribution in [1.82, 2.24) is 4.98 Å². The van der Waals surface area contributed by atoms with Gasteiger partial charge in [-0.2, -0.15) is 13.2 Å². The van der Waals surface area contributed by atoms with Crippen molar-refractivity contribution in [3.8, 4) is 0 Å². The molecule has 0 saturated heterocycles. The molecular weight excluding hydrogens is 305 g/mol. The van der Waals surface area contributed by atoms with Crippen LogP contribution in [-0.2, 0) is 0 Å². The van der Waals surface area contributed by atoms with E-state index in [0.717, 1.165) is 0 Å². The molecule has 1 aromatic rings. The molecule has 0 amide bonds. The minimum atomic E-state index is -4.34. The molecular formula is C9H10BrF3N2S. The zero-order chi connectivity index (χ0) is 12.3. The molecule has 2 nitrogen and oxygen atoms in total. The van der Waals surface area contributed by atoms with Gasteiger partial charge in [0.05, 0.1) is 0 Å². The minimum Gasteiger partial charge on any atom is -0.327 e. The fourth-order valence-corrected chi connectivity index (χ4v) is 2.48. The van der Waals surface area contributed by atoms with E-state index in [9.17, 15) is 13.2 Å². The van der Waals surface area contributed by atoms with Crippen LogP contribution in [-0.4, -0.2) is 22.5 Å². The summed E-state index contributed by atoms with van der Waals surface area (Å²) in [5.74, 6) is 0. The lowest BCUT2D eigenvalue weighted by Gasteiger charge is -2.22. The van der Waals surface area contributed by atoms with E-state index in [0.29, 0.717) is 21.3 Å². The summed E-state index contributed by atoms with van der Waals surface area (Å²) < 4.78 is 38.5. The monoisotopic (exact) mass is 314 g/mol. The molecule has 2 N–H and O–H groups in total. The summed E-state index contributed by atoms with van der Waals surface area (Å²) in [4.78, 5) is 3.87. The number of hydrogen-bond donors (Lipinski definition) is 1. The molecule has 1 rings (SSSR count). The van der Waals surface area contributed by atoms with Crippen molar-refractivity contribution < 1.29 is 13.2 Å². The highest BCUT2D eigenvalue weighted by atomic mass is 79.9. The van der Waals surface area contributed by atoms with Crippen molar-refractivity contribution >= 4 is 27.7 Å². The molecule has 0 saturated carbocycles. The smallest absolute Gasteiger partial charge is 0.327 e. The predicted octanol–water partition coefficient (Wildman–Crippen LogP) is 3.21. The van der Waals surface area contributed by atoms with E-state index in [1.165, 1.54) is 13.1 Å². The topological polar surface area (TPSA) is 38.9 Å². The Morgan fingerprint density at radius 2 is 2.12 bits per heavy atom. The minimum absolute atomic E-state index is 0.294. The molecule has 2 unspecified atom stereocenters. The number of thioether (sulfide) groups is 1. The maximum atomic E-state index is 12.6. The van der Waals surface area contributed by atoms with Gasteiger partial charge in [0.25, 0.3) is 0 Å². The lowest BCUT2D eigenvalue weighted by Crippen LogP contribution is -2.40. The van der Waals surface area contributed by atoms with Crippen LogP contribution in [0.25, 0.3) is 0 Å². The summed E-state index contributed by atoms with van der Waals surface area (Å²) in [5.41, 5.74) is 5.34. The fraction of sp³-hybridized carbons (Fsp3) is 0.444. The first-order chi connectivity index (χ1) is 7.32. The van der Waals surface area contributed by atoms with Crippen LogP contribution < -0.4 is 5.73 Å². The molecule has 0 bridgehead atoms. The number of hydrogen-bond acceptors (Lipinski definition) is 3. The number of nitrogens with zero attached hydrogens (tertiary/aromatic N) is 1. The molecule has 0 aromatic carbocycles. The Kier molecular flexibility index (Phi) is 4.63. The summed E-state index contributed by atoms with van der Waals surface area (Å²) >= 11 is 3.77. The van der Waals surface area contributed by atoms with Gasteiger partial charge in [-0.3, -0.25) is 0 Å². The van der Waals surface area contributed by atoms with Crippen molar-refractivity contribution in [2.75, 3.05) is 0 Å². The van der Waals surface area contributed by atoms with Gasteiger partial charge in [0.1, 0.15) is 10.3 Å². The van der Waals surface area contributed by atoms with E-state index >= 15 is 0 Å². The van der Waals surface area contributed by atoms with Crippen LogP contribution in [0.4, 0.5) is 13.2 Å². The zero-order valence-electron chi connectivity index (χ0n) is 8.33. The van der Waals surface area contributed by atoms with Gasteiger partial charge in [0.15, 0.2) is 0 Å². The van der Waals surface area contributed by atoms with Gasteiger partial charge in [-0.1, -0.05) is 11.8 Å². The van der Waals surface area contributed by atoms with E-state index in [1.807, 2.05) is 0 Å². The molecule has 7 heteroatoms. The Hall–Kier alpha value is -0.270. The molecule has 1 aromatic heterocycles. The second-order valence-electron chi connectivity index (χ2n) is 3.23. The third-order valence-corrected chi connectivity index (χ3v) is 4.16. The number of alkyl halides is 3. The lowest BCUT2D eigenvalue weighted by atomic mass is 10.2. The van der Waals surface area contributed by atoms with Crippen LogP contribution in [0.15, 0.2) is 27.8 Å². The number of halogens is 4. The van der Waals surface area contributed by atoms with Gasteiger partial charge in [-0.25, -0.2) is 4.98 Å². The molecule has 1 heterocycles. The van der Waals surface area contributed by atoms with Crippen molar-refractivity contribution in [2.45, 2.75) is 29.4 Å². The van der Waals surface area contributed by atoms with Gasteiger partial charge < -0.3 is 5.73 Å². The van der Waals surface area contributed by atoms with E-state index in [2.05, 4.69) is 20.9 Å². The third kappa shape index (κ3) is 3.64. The molecule has 0 fully saturated rings. The lowest BCUT2D eigenvalue weighted by molar-refractivity contribution is -0.131. The van der Waals surface area contributed by atoms with Gasteiger partial charge in [0.2, 0.25) is 0 Å². The standard InChI is InChI=1S/C9H10BrF3N2S/c1-5(14)7(9(11,12)13)16-8-6(10)3-2-4-15-8/h2-5,7H,14H2,1H3. The average molecular weight is 315 g/mol. The first-order valence-electron chi connectivity index (χ1n) is 4.42. The first-order valence-corrected chi connectivity index (χ1v) is 6.09. The second kappa shape index (κ2) is 5.37. The van der Waals surface area contributed by atoms with Gasteiger partial charge in [-0.15, -0.1) is 0 Å². The Bertz CT molecular complexity index is 357. The molecule has 0 aliphatic rings. The van der Waals surface area contributed by atoms with Crippen molar-refractivity contribution in [3.63, 3.8) is 0 Å². The Labute approximate surface area is 104 Å². The summed E-state index contributed by atoms with van der Waals surface area (Å²) in [7, 11) is 0. The summed E-state index contributed by atoms with van der Waals surface area (Å²) in [6, 6.07) is 2.30. The number of aromatic nitrogens is 1. The fourth-order valence-electron chi connectivity index (χ4n) is 1.05. The molecule has 0 aliphatic carbocycles. The van der Waals surface area contributed by atoms with Crippen LogP contribution >= 0.6 is 27.7 Å². The van der Waals surface area contributed by atoms with Crippen LogP contribution in [0.1, 0.15) is 6.92 Å². The Morgan fingerprint density at radius 3 is 2.56 bits per heavy atom. The number of nitrogens with two attached hydrogens (primary N) is 1. The van der Waals surface area contributed by atoms with E-state index in [4.69, 9.17) is 5.73 Å². The molecule has 0 spiro atoms. The van der Waals surface area contributed by atoms with Crippen LogP contribution in [0.3, 0.4) is 0 Å². The quantitative estimate of drug-likeness (QED) is 0.871. The maximum Gasteiger partial charge on any atom is 0.402 e. The van der Waals surface area contributed by atoms with Crippen molar-refractivity contribution in [1.29, 1.82) is 0 Å². The van der Waals surface area contributed by atoms with Crippen LogP contribution in [0, 0.1) is 0 Å². The zero-order valence-corrected chi connectivity index (χ0v) is 10.7. The molecule has 16 heavy (non-hydrogen) atoms. The molecule has 0 aliphatic heterocycles. The van der Waals surface area contributed by atoms with E-state index < -0.39 is 17.5 Å². The molecule has 90 valence electrons. The van der Waals surface area contributed by atoms with Gasteiger partial charge in [-0.05, 0) is 35.0 Å².